The van der Waals surface area contributed by atoms with E-state index in [4.69, 9.17) is 17.3 Å². The van der Waals surface area contributed by atoms with Gasteiger partial charge in [-0.2, -0.15) is 0 Å². The maximum absolute atomic E-state index is 14.3. The maximum Gasteiger partial charge on any atom is 0.146 e. The summed E-state index contributed by atoms with van der Waals surface area (Å²) in [7, 11) is 0. The SMILES string of the molecule is CC(C)C1CCCN(C(CN)c2cccc(Cl)c2F)CC1. The lowest BCUT2D eigenvalue weighted by atomic mass is 9.89. The molecule has 0 radical (unpaired) electrons. The van der Waals surface area contributed by atoms with E-state index < -0.39 is 0 Å². The topological polar surface area (TPSA) is 29.3 Å². The van der Waals surface area contributed by atoms with E-state index in [1.807, 2.05) is 6.07 Å². The van der Waals surface area contributed by atoms with Crippen molar-refractivity contribution in [2.75, 3.05) is 19.6 Å². The number of hydrogen-bond donors (Lipinski definition) is 1. The highest BCUT2D eigenvalue weighted by Crippen LogP contribution is 2.31. The Balaban J connectivity index is 2.16. The molecule has 2 N–H and O–H groups in total. The lowest BCUT2D eigenvalue weighted by molar-refractivity contribution is 0.200. The number of nitrogens with two attached hydrogens (primary N) is 1. The summed E-state index contributed by atoms with van der Waals surface area (Å²) < 4.78 is 14.3. The van der Waals surface area contributed by atoms with Crippen LogP contribution in [0.25, 0.3) is 0 Å². The molecule has 2 unspecified atom stereocenters. The minimum atomic E-state index is -0.320. The summed E-state index contributed by atoms with van der Waals surface area (Å²) in [6, 6.07) is 5.13. The van der Waals surface area contributed by atoms with Crippen molar-refractivity contribution in [3.63, 3.8) is 0 Å². The highest BCUT2D eigenvalue weighted by atomic mass is 35.5. The van der Waals surface area contributed by atoms with Crippen LogP contribution >= 0.6 is 11.6 Å². The van der Waals surface area contributed by atoms with Gasteiger partial charge in [0.2, 0.25) is 0 Å². The van der Waals surface area contributed by atoms with Gasteiger partial charge in [0.05, 0.1) is 5.02 Å². The zero-order valence-corrected chi connectivity index (χ0v) is 13.7. The van der Waals surface area contributed by atoms with Gasteiger partial charge in [0, 0.05) is 18.2 Å². The average molecular weight is 313 g/mol. The predicted octanol–water partition coefficient (Wildman–Crippen LogP) is 4.24. The second-order valence-corrected chi connectivity index (χ2v) is 6.77. The highest BCUT2D eigenvalue weighted by molar-refractivity contribution is 6.30. The van der Waals surface area contributed by atoms with Crippen LogP contribution in [0.2, 0.25) is 5.02 Å². The molecule has 1 aromatic carbocycles. The van der Waals surface area contributed by atoms with Gasteiger partial charge in [-0.3, -0.25) is 4.90 Å². The van der Waals surface area contributed by atoms with Gasteiger partial charge in [-0.1, -0.05) is 37.6 Å². The minimum absolute atomic E-state index is 0.0744. The van der Waals surface area contributed by atoms with Gasteiger partial charge in [0.25, 0.3) is 0 Å². The largest absolute Gasteiger partial charge is 0.329 e. The first-order valence-corrected chi connectivity index (χ1v) is 8.30. The second kappa shape index (κ2) is 7.57. The van der Waals surface area contributed by atoms with Gasteiger partial charge in [-0.25, -0.2) is 4.39 Å². The lowest BCUT2D eigenvalue weighted by Crippen LogP contribution is -2.35. The molecule has 1 aliphatic rings. The van der Waals surface area contributed by atoms with Crippen molar-refractivity contribution in [3.8, 4) is 0 Å². The molecule has 118 valence electrons. The molecule has 1 aliphatic heterocycles. The molecule has 2 nitrogen and oxygen atoms in total. The number of hydrogen-bond acceptors (Lipinski definition) is 2. The second-order valence-electron chi connectivity index (χ2n) is 6.37. The Kier molecular flexibility index (Phi) is 6.03. The first-order valence-electron chi connectivity index (χ1n) is 7.92. The van der Waals surface area contributed by atoms with Gasteiger partial charge < -0.3 is 5.73 Å². The van der Waals surface area contributed by atoms with E-state index >= 15 is 0 Å². The molecule has 21 heavy (non-hydrogen) atoms. The van der Waals surface area contributed by atoms with E-state index in [0.29, 0.717) is 18.0 Å². The Labute approximate surface area is 132 Å². The van der Waals surface area contributed by atoms with Crippen molar-refractivity contribution in [1.82, 2.24) is 4.90 Å². The monoisotopic (exact) mass is 312 g/mol. The van der Waals surface area contributed by atoms with Gasteiger partial charge in [-0.15, -0.1) is 0 Å². The first kappa shape index (κ1) is 16.7. The van der Waals surface area contributed by atoms with E-state index in [9.17, 15) is 4.39 Å². The van der Waals surface area contributed by atoms with Crippen molar-refractivity contribution in [3.05, 3.63) is 34.6 Å². The molecule has 4 heteroatoms. The Morgan fingerprint density at radius 1 is 1.33 bits per heavy atom. The summed E-state index contributed by atoms with van der Waals surface area (Å²) in [5, 5.41) is 0.181. The molecule has 1 aromatic rings. The van der Waals surface area contributed by atoms with E-state index in [1.54, 1.807) is 12.1 Å². The molecule has 0 amide bonds. The fraction of sp³-hybridized carbons (Fsp3) is 0.647. The first-order chi connectivity index (χ1) is 10.0. The predicted molar refractivity (Wildman–Crippen MR) is 87.0 cm³/mol. The molecule has 1 fully saturated rings. The molecular formula is C17H26ClFN2. The van der Waals surface area contributed by atoms with Crippen LogP contribution in [0.15, 0.2) is 18.2 Å². The van der Waals surface area contributed by atoms with Crippen LogP contribution < -0.4 is 5.73 Å². The number of nitrogens with zero attached hydrogens (tertiary/aromatic N) is 1. The summed E-state index contributed by atoms with van der Waals surface area (Å²) in [5.74, 6) is 1.15. The fourth-order valence-electron chi connectivity index (χ4n) is 3.37. The third-order valence-electron chi connectivity index (χ3n) is 4.75. The van der Waals surface area contributed by atoms with E-state index in [1.165, 1.54) is 6.42 Å². The molecule has 0 bridgehead atoms. The van der Waals surface area contributed by atoms with E-state index in [-0.39, 0.29) is 16.9 Å². The smallest absolute Gasteiger partial charge is 0.146 e. The van der Waals surface area contributed by atoms with Crippen molar-refractivity contribution in [1.29, 1.82) is 0 Å². The van der Waals surface area contributed by atoms with Crippen LogP contribution in [-0.4, -0.2) is 24.5 Å². The van der Waals surface area contributed by atoms with Gasteiger partial charge in [0.1, 0.15) is 5.82 Å². The highest BCUT2D eigenvalue weighted by Gasteiger charge is 2.26. The quantitative estimate of drug-likeness (QED) is 0.901. The van der Waals surface area contributed by atoms with Crippen LogP contribution in [0, 0.1) is 17.7 Å². The molecule has 1 heterocycles. The van der Waals surface area contributed by atoms with E-state index in [2.05, 4.69) is 18.7 Å². The van der Waals surface area contributed by atoms with Crippen LogP contribution in [-0.2, 0) is 0 Å². The number of rotatable bonds is 4. The molecule has 2 atom stereocenters. The van der Waals surface area contributed by atoms with Crippen LogP contribution in [0.3, 0.4) is 0 Å². The molecule has 2 rings (SSSR count). The van der Waals surface area contributed by atoms with Gasteiger partial charge in [0.15, 0.2) is 0 Å². The zero-order chi connectivity index (χ0) is 15.4. The average Bonchev–Trinajstić information content (AvgIpc) is 2.70. The van der Waals surface area contributed by atoms with Crippen molar-refractivity contribution in [2.45, 2.75) is 39.2 Å². The van der Waals surface area contributed by atoms with Crippen molar-refractivity contribution >= 4 is 11.6 Å². The normalized spacial score (nSPS) is 22.3. The molecule has 0 spiro atoms. The summed E-state index contributed by atoms with van der Waals surface area (Å²) in [5.41, 5.74) is 6.58. The summed E-state index contributed by atoms with van der Waals surface area (Å²) in [6.45, 7) is 6.96. The van der Waals surface area contributed by atoms with E-state index in [0.717, 1.165) is 31.8 Å². The summed E-state index contributed by atoms with van der Waals surface area (Å²) in [6.07, 6.45) is 3.57. The van der Waals surface area contributed by atoms with Crippen LogP contribution in [0.1, 0.15) is 44.7 Å². The number of likely N-dealkylation sites (tertiary alicyclic amines) is 1. The van der Waals surface area contributed by atoms with Crippen LogP contribution in [0.5, 0.6) is 0 Å². The molecule has 0 aromatic heterocycles. The van der Waals surface area contributed by atoms with Crippen molar-refractivity contribution in [2.24, 2.45) is 17.6 Å². The summed E-state index contributed by atoms with van der Waals surface area (Å²) >= 11 is 5.92. The zero-order valence-electron chi connectivity index (χ0n) is 13.0. The van der Waals surface area contributed by atoms with Crippen molar-refractivity contribution < 1.29 is 4.39 Å². The number of halogens is 2. The number of benzene rings is 1. The molecule has 1 saturated heterocycles. The van der Waals surface area contributed by atoms with Crippen LogP contribution in [0.4, 0.5) is 4.39 Å². The standard InChI is InChI=1S/C17H26ClFN2/c1-12(2)13-5-4-9-21(10-8-13)16(11-20)14-6-3-7-15(18)17(14)19/h3,6-7,12-13,16H,4-5,8-11,20H2,1-2H3. The van der Waals surface area contributed by atoms with Gasteiger partial charge >= 0.3 is 0 Å². The third-order valence-corrected chi connectivity index (χ3v) is 5.05. The Bertz CT molecular complexity index is 464. The Hall–Kier alpha value is -0.640. The maximum atomic E-state index is 14.3. The van der Waals surface area contributed by atoms with Gasteiger partial charge in [-0.05, 0) is 50.3 Å². The Morgan fingerprint density at radius 2 is 2.10 bits per heavy atom. The molecule has 0 saturated carbocycles. The molecular weight excluding hydrogens is 287 g/mol. The minimum Gasteiger partial charge on any atom is -0.329 e. The lowest BCUT2D eigenvalue weighted by Gasteiger charge is -2.30. The Morgan fingerprint density at radius 3 is 2.76 bits per heavy atom. The third kappa shape index (κ3) is 3.97. The fourth-order valence-corrected chi connectivity index (χ4v) is 3.56. The summed E-state index contributed by atoms with van der Waals surface area (Å²) in [4.78, 5) is 2.33. The molecule has 0 aliphatic carbocycles.